The van der Waals surface area contributed by atoms with Gasteiger partial charge >= 0.3 is 0 Å². The van der Waals surface area contributed by atoms with Crippen LogP contribution >= 0.6 is 22.7 Å². The molecule has 2 nitrogen and oxygen atoms in total. The van der Waals surface area contributed by atoms with Gasteiger partial charge in [-0.25, -0.2) is 5.01 Å². The monoisotopic (exact) mass is 386 g/mol. The third-order valence-corrected chi connectivity index (χ3v) is 6.15. The van der Waals surface area contributed by atoms with Gasteiger partial charge in [-0.2, -0.15) is 5.10 Å². The smallest absolute Gasteiger partial charge is 0.0653 e. The van der Waals surface area contributed by atoms with Gasteiger partial charge in [0, 0.05) is 14.6 Å². The average molecular weight is 387 g/mol. The maximum absolute atomic E-state index is 4.78. The van der Waals surface area contributed by atoms with Gasteiger partial charge in [0.15, 0.2) is 0 Å². The molecule has 0 amide bonds. The Balaban J connectivity index is 1.64. The zero-order valence-corrected chi connectivity index (χ0v) is 16.3. The number of hydrogen-bond donors (Lipinski definition) is 0. The molecule has 0 bridgehead atoms. The Bertz CT molecular complexity index is 1030. The second-order valence-electron chi connectivity index (χ2n) is 5.87. The lowest BCUT2D eigenvalue weighted by Crippen LogP contribution is -2.09. The predicted octanol–water partition coefficient (Wildman–Crippen LogP) is 7.29. The molecule has 2 aromatic heterocycles. The molecular formula is C23H18N2S2. The van der Waals surface area contributed by atoms with Crippen molar-refractivity contribution in [1.29, 1.82) is 0 Å². The first-order valence-electron chi connectivity index (χ1n) is 8.59. The molecule has 0 spiro atoms. The quantitative estimate of drug-likeness (QED) is 0.251. The zero-order chi connectivity index (χ0) is 18.5. The number of hydrazone groups is 1. The lowest BCUT2D eigenvalue weighted by Gasteiger charge is -2.19. The molecule has 0 saturated heterocycles. The van der Waals surface area contributed by atoms with Gasteiger partial charge in [-0.1, -0.05) is 49.1 Å². The van der Waals surface area contributed by atoms with Crippen LogP contribution in [0.3, 0.4) is 0 Å². The molecule has 0 saturated carbocycles. The summed E-state index contributed by atoms with van der Waals surface area (Å²) < 4.78 is 0. The molecule has 0 atom stereocenters. The van der Waals surface area contributed by atoms with E-state index < -0.39 is 0 Å². The summed E-state index contributed by atoms with van der Waals surface area (Å²) in [6.45, 7) is 3.82. The van der Waals surface area contributed by atoms with Crippen LogP contribution in [-0.2, 0) is 0 Å². The molecule has 4 aromatic rings. The fourth-order valence-electron chi connectivity index (χ4n) is 2.69. The first kappa shape index (κ1) is 17.5. The van der Waals surface area contributed by atoms with Crippen LogP contribution in [-0.4, -0.2) is 6.21 Å². The minimum atomic E-state index is 1.01. The summed E-state index contributed by atoms with van der Waals surface area (Å²) in [5.41, 5.74) is 3.13. The van der Waals surface area contributed by atoms with Crippen molar-refractivity contribution >= 4 is 46.3 Å². The minimum Gasteiger partial charge on any atom is -0.234 e. The van der Waals surface area contributed by atoms with Gasteiger partial charge in [-0.15, -0.1) is 22.7 Å². The Labute approximate surface area is 167 Å². The third-order valence-electron chi connectivity index (χ3n) is 4.07. The van der Waals surface area contributed by atoms with Gasteiger partial charge in [0.2, 0.25) is 0 Å². The summed E-state index contributed by atoms with van der Waals surface area (Å²) in [5.74, 6) is 0. The third kappa shape index (κ3) is 4.08. The van der Waals surface area contributed by atoms with E-state index in [1.54, 1.807) is 22.7 Å². The van der Waals surface area contributed by atoms with Crippen molar-refractivity contribution in [1.82, 2.24) is 0 Å². The van der Waals surface area contributed by atoms with E-state index in [2.05, 4.69) is 60.5 Å². The van der Waals surface area contributed by atoms with E-state index in [9.17, 15) is 0 Å². The van der Waals surface area contributed by atoms with Crippen LogP contribution in [0.15, 0.2) is 95.9 Å². The highest BCUT2D eigenvalue weighted by Crippen LogP contribution is 2.31. The molecule has 27 heavy (non-hydrogen) atoms. The van der Waals surface area contributed by atoms with Crippen molar-refractivity contribution in [2.75, 3.05) is 5.01 Å². The molecule has 0 aliphatic carbocycles. The molecule has 2 aromatic carbocycles. The molecule has 4 heteroatoms. The summed E-state index contributed by atoms with van der Waals surface area (Å²) in [7, 11) is 0. The number of benzene rings is 2. The van der Waals surface area contributed by atoms with E-state index in [4.69, 9.17) is 5.10 Å². The second kappa shape index (κ2) is 8.16. The molecule has 0 fully saturated rings. The van der Waals surface area contributed by atoms with Crippen molar-refractivity contribution in [2.24, 2.45) is 5.10 Å². The number of hydrogen-bond acceptors (Lipinski definition) is 4. The summed E-state index contributed by atoms with van der Waals surface area (Å²) in [4.78, 5) is 3.69. The van der Waals surface area contributed by atoms with Gasteiger partial charge in [-0.05, 0) is 53.4 Å². The molecular weight excluding hydrogens is 368 g/mol. The molecule has 132 valence electrons. The SMILES string of the molecule is C=Cc1ccc(N(/N=C/c2ccc(-c3cccs3)s2)c2ccccc2)cc1. The summed E-state index contributed by atoms with van der Waals surface area (Å²) >= 11 is 3.51. The summed E-state index contributed by atoms with van der Waals surface area (Å²) in [5, 5.41) is 8.84. The van der Waals surface area contributed by atoms with E-state index in [0.717, 1.165) is 21.8 Å². The minimum absolute atomic E-state index is 1.01. The number of para-hydroxylation sites is 1. The maximum Gasteiger partial charge on any atom is 0.0653 e. The average Bonchev–Trinajstić information content (AvgIpc) is 3.41. The van der Waals surface area contributed by atoms with E-state index in [1.165, 1.54) is 9.75 Å². The van der Waals surface area contributed by atoms with E-state index >= 15 is 0 Å². The number of anilines is 2. The van der Waals surface area contributed by atoms with Crippen LogP contribution in [0.5, 0.6) is 0 Å². The molecule has 0 aliphatic rings. The second-order valence-corrected chi connectivity index (χ2v) is 7.93. The van der Waals surface area contributed by atoms with Crippen LogP contribution in [0.1, 0.15) is 10.4 Å². The predicted molar refractivity (Wildman–Crippen MR) is 120 cm³/mol. The topological polar surface area (TPSA) is 15.6 Å². The molecule has 0 N–H and O–H groups in total. The number of rotatable bonds is 6. The zero-order valence-electron chi connectivity index (χ0n) is 14.7. The lowest BCUT2D eigenvalue weighted by molar-refractivity contribution is 1.09. The molecule has 0 radical (unpaired) electrons. The van der Waals surface area contributed by atoms with Gasteiger partial charge in [-0.3, -0.25) is 0 Å². The summed E-state index contributed by atoms with van der Waals surface area (Å²) in [6, 6.07) is 26.9. The Morgan fingerprint density at radius 2 is 1.56 bits per heavy atom. The fraction of sp³-hybridized carbons (Fsp3) is 0. The van der Waals surface area contributed by atoms with Crippen LogP contribution in [0.2, 0.25) is 0 Å². The Morgan fingerprint density at radius 3 is 2.26 bits per heavy atom. The van der Waals surface area contributed by atoms with Crippen molar-refractivity contribution in [3.05, 3.63) is 101 Å². The van der Waals surface area contributed by atoms with Gasteiger partial charge in [0.1, 0.15) is 0 Å². The van der Waals surface area contributed by atoms with Crippen LogP contribution in [0.25, 0.3) is 15.8 Å². The highest BCUT2D eigenvalue weighted by atomic mass is 32.1. The van der Waals surface area contributed by atoms with Gasteiger partial charge < -0.3 is 0 Å². The Morgan fingerprint density at radius 1 is 0.778 bits per heavy atom. The first-order valence-corrected chi connectivity index (χ1v) is 10.3. The maximum atomic E-state index is 4.78. The highest BCUT2D eigenvalue weighted by molar-refractivity contribution is 7.22. The molecule has 2 heterocycles. The largest absolute Gasteiger partial charge is 0.234 e. The molecule has 0 unspecified atom stereocenters. The fourth-order valence-corrected chi connectivity index (χ4v) is 4.40. The van der Waals surface area contributed by atoms with Crippen molar-refractivity contribution in [3.63, 3.8) is 0 Å². The Hall–Kier alpha value is -2.95. The molecule has 4 rings (SSSR count). The van der Waals surface area contributed by atoms with E-state index in [0.29, 0.717) is 0 Å². The van der Waals surface area contributed by atoms with Crippen LogP contribution < -0.4 is 5.01 Å². The Kier molecular flexibility index (Phi) is 5.28. The van der Waals surface area contributed by atoms with E-state index in [1.807, 2.05) is 47.6 Å². The van der Waals surface area contributed by atoms with Crippen LogP contribution in [0, 0.1) is 0 Å². The standard InChI is InChI=1S/C23H18N2S2/c1-2-18-10-12-20(13-11-18)25(19-7-4-3-5-8-19)24-17-21-14-15-23(27-21)22-9-6-16-26-22/h2-17H,1H2/b24-17+. The normalized spacial score (nSPS) is 11.0. The van der Waals surface area contributed by atoms with Gasteiger partial charge in [0.25, 0.3) is 0 Å². The molecule has 0 aliphatic heterocycles. The number of nitrogens with zero attached hydrogens (tertiary/aromatic N) is 2. The van der Waals surface area contributed by atoms with Crippen molar-refractivity contribution < 1.29 is 0 Å². The first-order chi connectivity index (χ1) is 13.3. The van der Waals surface area contributed by atoms with Crippen molar-refractivity contribution in [3.8, 4) is 9.75 Å². The highest BCUT2D eigenvalue weighted by Gasteiger charge is 2.08. The summed E-state index contributed by atoms with van der Waals surface area (Å²) in [6.07, 6.45) is 3.77. The van der Waals surface area contributed by atoms with Crippen LogP contribution in [0.4, 0.5) is 11.4 Å². The van der Waals surface area contributed by atoms with E-state index in [-0.39, 0.29) is 0 Å². The lowest BCUT2D eigenvalue weighted by atomic mass is 10.2. The van der Waals surface area contributed by atoms with Gasteiger partial charge in [0.05, 0.1) is 17.6 Å². The van der Waals surface area contributed by atoms with Crippen molar-refractivity contribution in [2.45, 2.75) is 0 Å². The number of thiophene rings is 2.